The van der Waals surface area contributed by atoms with Crippen molar-refractivity contribution in [3.05, 3.63) is 53.7 Å². The second-order valence-electron chi connectivity index (χ2n) is 7.69. The van der Waals surface area contributed by atoms with Crippen LogP contribution in [-0.2, 0) is 0 Å². The van der Waals surface area contributed by atoms with Gasteiger partial charge in [-0.3, -0.25) is 4.79 Å². The number of nitrogens with zero attached hydrogens (tertiary/aromatic N) is 2. The molecule has 2 aliphatic rings. The van der Waals surface area contributed by atoms with E-state index in [9.17, 15) is 13.6 Å². The van der Waals surface area contributed by atoms with Gasteiger partial charge < -0.3 is 20.7 Å². The molecule has 3 aromatic rings. The smallest absolute Gasteiger partial charge is 0.268 e. The van der Waals surface area contributed by atoms with E-state index in [4.69, 9.17) is 10.5 Å². The van der Waals surface area contributed by atoms with Crippen LogP contribution in [-0.4, -0.2) is 43.2 Å². The zero-order valence-electron chi connectivity index (χ0n) is 16.7. The highest BCUT2D eigenvalue weighted by Gasteiger charge is 2.39. The van der Waals surface area contributed by atoms with Gasteiger partial charge in [-0.05, 0) is 36.8 Å². The molecule has 1 aromatic heterocycles. The van der Waals surface area contributed by atoms with Crippen LogP contribution in [0.4, 0.5) is 14.5 Å². The van der Waals surface area contributed by atoms with Crippen molar-refractivity contribution in [1.82, 2.24) is 10.3 Å². The summed E-state index contributed by atoms with van der Waals surface area (Å²) in [5.41, 5.74) is 7.09. The zero-order valence-corrected chi connectivity index (χ0v) is 17.5. The van der Waals surface area contributed by atoms with E-state index in [0.29, 0.717) is 28.3 Å². The Labute approximate surface area is 181 Å². The van der Waals surface area contributed by atoms with Crippen molar-refractivity contribution in [3.63, 3.8) is 0 Å². The molecule has 160 valence electrons. The Morgan fingerprint density at radius 3 is 2.84 bits per heavy atom. The number of anilines is 1. The highest BCUT2D eigenvalue weighted by atomic mass is 32.1. The number of carbonyl (C=O) groups is 1. The molecule has 1 amide bonds. The van der Waals surface area contributed by atoms with Crippen LogP contribution in [0.2, 0.25) is 0 Å². The number of halogens is 2. The van der Waals surface area contributed by atoms with Gasteiger partial charge in [-0.1, -0.05) is 6.07 Å². The van der Waals surface area contributed by atoms with E-state index in [1.165, 1.54) is 31.4 Å². The molecule has 3 heterocycles. The molecule has 31 heavy (non-hydrogen) atoms. The van der Waals surface area contributed by atoms with Gasteiger partial charge in [0.15, 0.2) is 0 Å². The molecular formula is C22H20F2N4O2S. The molecule has 3 N–H and O–H groups in total. The van der Waals surface area contributed by atoms with Gasteiger partial charge in [-0.15, -0.1) is 11.3 Å². The number of nitrogens with one attached hydrogen (secondary N) is 1. The third-order valence-corrected chi connectivity index (χ3v) is 6.95. The minimum Gasteiger partial charge on any atom is -0.496 e. The summed E-state index contributed by atoms with van der Waals surface area (Å²) in [6.07, 6.45) is 1.01. The lowest BCUT2D eigenvalue weighted by Gasteiger charge is -2.31. The van der Waals surface area contributed by atoms with Crippen molar-refractivity contribution in [3.8, 4) is 26.8 Å². The largest absolute Gasteiger partial charge is 0.496 e. The van der Waals surface area contributed by atoms with Crippen molar-refractivity contribution in [2.24, 2.45) is 5.73 Å². The summed E-state index contributed by atoms with van der Waals surface area (Å²) in [5.74, 6) is -1.43. The number of carbonyl (C=O) groups excluding carboxylic acids is 1. The van der Waals surface area contributed by atoms with E-state index in [1.807, 2.05) is 0 Å². The molecule has 2 aromatic carbocycles. The Balaban J connectivity index is 1.69. The number of primary amides is 1. The van der Waals surface area contributed by atoms with Crippen molar-refractivity contribution in [2.45, 2.75) is 18.5 Å². The number of piperazine rings is 1. The number of fused-ring (bicyclic) bond motifs is 2. The van der Waals surface area contributed by atoms with Gasteiger partial charge in [0, 0.05) is 36.4 Å². The Morgan fingerprint density at radius 1 is 1.32 bits per heavy atom. The van der Waals surface area contributed by atoms with Crippen LogP contribution in [0, 0.1) is 11.6 Å². The van der Waals surface area contributed by atoms with Gasteiger partial charge in [0.05, 0.1) is 17.6 Å². The second kappa shape index (κ2) is 7.58. The fourth-order valence-corrected chi connectivity index (χ4v) is 5.60. The number of amides is 1. The second-order valence-corrected chi connectivity index (χ2v) is 8.69. The van der Waals surface area contributed by atoms with Crippen molar-refractivity contribution in [2.75, 3.05) is 25.1 Å². The molecule has 0 aliphatic carbocycles. The van der Waals surface area contributed by atoms with Crippen LogP contribution in [0.1, 0.15) is 16.9 Å². The number of rotatable bonds is 5. The predicted octanol–water partition coefficient (Wildman–Crippen LogP) is 3.41. The quantitative estimate of drug-likeness (QED) is 0.633. The van der Waals surface area contributed by atoms with Crippen molar-refractivity contribution in [1.29, 1.82) is 0 Å². The number of methoxy groups -OCH3 is 1. The van der Waals surface area contributed by atoms with Crippen molar-refractivity contribution >= 4 is 22.9 Å². The fraction of sp³-hybridized carbons (Fsp3) is 0.273. The first-order valence-electron chi connectivity index (χ1n) is 9.89. The first kappa shape index (κ1) is 19.9. The van der Waals surface area contributed by atoms with Crippen LogP contribution in [0.15, 0.2) is 36.4 Å². The molecule has 2 bridgehead atoms. The maximum absolute atomic E-state index is 14.7. The Morgan fingerprint density at radius 2 is 2.16 bits per heavy atom. The first-order chi connectivity index (χ1) is 15.0. The normalized spacial score (nSPS) is 19.8. The highest BCUT2D eigenvalue weighted by molar-refractivity contribution is 7.18. The maximum Gasteiger partial charge on any atom is 0.268 e. The summed E-state index contributed by atoms with van der Waals surface area (Å²) >= 11 is 1.10. The lowest BCUT2D eigenvalue weighted by molar-refractivity contribution is 0.0997. The lowest BCUT2D eigenvalue weighted by Crippen LogP contribution is -2.43. The number of ether oxygens (including phenoxy) is 1. The molecular weight excluding hydrogens is 422 g/mol. The van der Waals surface area contributed by atoms with Gasteiger partial charge in [-0.2, -0.15) is 0 Å². The molecule has 0 saturated carbocycles. The van der Waals surface area contributed by atoms with E-state index < -0.39 is 17.5 Å². The monoisotopic (exact) mass is 442 g/mol. The number of nitrogens with two attached hydrogens (primary N) is 1. The van der Waals surface area contributed by atoms with Gasteiger partial charge in [0.1, 0.15) is 28.1 Å². The summed E-state index contributed by atoms with van der Waals surface area (Å²) in [4.78, 5) is 19.2. The molecule has 6 nitrogen and oxygen atoms in total. The Kier molecular flexibility index (Phi) is 4.86. The standard InChI is InChI=1S/C22H20F2N4O2S/c1-30-17-4-2-3-15(24)18(17)22-27-19(21(25)29)20(31-22)14-7-11(23)5-6-16(14)28-10-12-8-13(28)9-26-12/h2-7,12-13,26H,8-10H2,1H3,(H2,25,29)/t12-,13-/m0/s1. The molecule has 2 fully saturated rings. The Bertz CT molecular complexity index is 1180. The van der Waals surface area contributed by atoms with Crippen LogP contribution < -0.4 is 20.7 Å². The number of hydrogen-bond acceptors (Lipinski definition) is 6. The number of hydrogen-bond donors (Lipinski definition) is 2. The molecule has 5 rings (SSSR count). The van der Waals surface area contributed by atoms with Crippen molar-refractivity contribution < 1.29 is 18.3 Å². The molecule has 2 aliphatic heterocycles. The van der Waals surface area contributed by atoms with Gasteiger partial charge in [0.2, 0.25) is 0 Å². The Hall–Kier alpha value is -3.04. The van der Waals surface area contributed by atoms with Crippen LogP contribution in [0.25, 0.3) is 21.0 Å². The van der Waals surface area contributed by atoms with Gasteiger partial charge in [-0.25, -0.2) is 13.8 Å². The van der Waals surface area contributed by atoms with Gasteiger partial charge >= 0.3 is 0 Å². The summed E-state index contributed by atoms with van der Waals surface area (Å²) in [5, 5.41) is 3.69. The van der Waals surface area contributed by atoms with Crippen LogP contribution in [0.3, 0.4) is 0 Å². The third-order valence-electron chi connectivity index (χ3n) is 5.84. The SMILES string of the molecule is COc1cccc(F)c1-c1nc(C(N)=O)c(-c2cc(F)ccc2N2C[C@@H]3C[C@H]2CN3)s1. The van der Waals surface area contributed by atoms with E-state index >= 15 is 0 Å². The summed E-state index contributed by atoms with van der Waals surface area (Å²) < 4.78 is 34.3. The lowest BCUT2D eigenvalue weighted by atomic mass is 10.1. The minimum absolute atomic E-state index is 0.0142. The first-order valence-corrected chi connectivity index (χ1v) is 10.7. The van der Waals surface area contributed by atoms with E-state index in [0.717, 1.165) is 36.5 Å². The molecule has 2 saturated heterocycles. The minimum atomic E-state index is -0.757. The van der Waals surface area contributed by atoms with Gasteiger partial charge in [0.25, 0.3) is 5.91 Å². The topological polar surface area (TPSA) is 80.5 Å². The number of benzene rings is 2. The average molecular weight is 442 g/mol. The van der Waals surface area contributed by atoms with E-state index in [-0.39, 0.29) is 16.3 Å². The summed E-state index contributed by atoms with van der Waals surface area (Å²) in [6.45, 7) is 1.65. The fourth-order valence-electron chi connectivity index (χ4n) is 4.46. The molecule has 0 spiro atoms. The molecule has 0 unspecified atom stereocenters. The average Bonchev–Trinajstić information content (AvgIpc) is 3.49. The molecule has 9 heteroatoms. The summed E-state index contributed by atoms with van der Waals surface area (Å²) in [7, 11) is 1.43. The van der Waals surface area contributed by atoms with Crippen LogP contribution in [0.5, 0.6) is 5.75 Å². The predicted molar refractivity (Wildman–Crippen MR) is 116 cm³/mol. The maximum atomic E-state index is 14.7. The number of aromatic nitrogens is 1. The zero-order chi connectivity index (χ0) is 21.7. The van der Waals surface area contributed by atoms with E-state index in [1.54, 1.807) is 12.1 Å². The van der Waals surface area contributed by atoms with Crippen LogP contribution >= 0.6 is 11.3 Å². The molecule has 0 radical (unpaired) electrons. The van der Waals surface area contributed by atoms with E-state index in [2.05, 4.69) is 15.2 Å². The third kappa shape index (κ3) is 3.34. The highest BCUT2D eigenvalue weighted by Crippen LogP contribution is 2.44. The summed E-state index contributed by atoms with van der Waals surface area (Å²) in [6, 6.07) is 9.64. The number of thiazole rings is 1. The molecule has 2 atom stereocenters.